The lowest BCUT2D eigenvalue weighted by molar-refractivity contribution is 0.399. The van der Waals surface area contributed by atoms with Crippen molar-refractivity contribution in [2.24, 2.45) is 20.7 Å². The summed E-state index contributed by atoms with van der Waals surface area (Å²) in [5.74, 6) is 0.318. The highest BCUT2D eigenvalue weighted by atomic mass is 32.1. The number of hydrogen-bond acceptors (Lipinski definition) is 7. The Morgan fingerprint density at radius 3 is 2.37 bits per heavy atom. The van der Waals surface area contributed by atoms with Gasteiger partial charge < -0.3 is 10.1 Å². The van der Waals surface area contributed by atoms with Crippen LogP contribution in [0.3, 0.4) is 0 Å². The molecule has 10 heteroatoms. The number of aromatic amines is 2. The quantitative estimate of drug-likeness (QED) is 0.376. The fraction of sp³-hybridized carbons (Fsp3) is 0.120. The number of aromatic nitrogens is 3. The highest BCUT2D eigenvalue weighted by Gasteiger charge is 2.10. The van der Waals surface area contributed by atoms with E-state index in [1.807, 2.05) is 54.6 Å². The Hall–Kier alpha value is -4.44. The zero-order chi connectivity index (χ0) is 24.2. The van der Waals surface area contributed by atoms with Gasteiger partial charge in [0, 0.05) is 22.5 Å². The van der Waals surface area contributed by atoms with Gasteiger partial charge in [-0.15, -0.1) is 10.2 Å². The molecule has 0 bridgehead atoms. The average molecular weight is 484 g/mol. The van der Waals surface area contributed by atoms with Crippen molar-refractivity contribution in [2.45, 2.75) is 19.4 Å². The predicted molar refractivity (Wildman–Crippen MR) is 133 cm³/mol. The van der Waals surface area contributed by atoms with E-state index in [1.54, 1.807) is 10.6 Å². The van der Waals surface area contributed by atoms with Crippen LogP contribution in [-0.2, 0) is 13.0 Å². The smallest absolute Gasteiger partial charge is 0.262 e. The van der Waals surface area contributed by atoms with Crippen molar-refractivity contribution in [1.82, 2.24) is 14.5 Å². The Balaban J connectivity index is 1.47. The summed E-state index contributed by atoms with van der Waals surface area (Å²) >= 11 is 5.30. The zero-order valence-electron chi connectivity index (χ0n) is 18.5. The number of benzene rings is 2. The van der Waals surface area contributed by atoms with Gasteiger partial charge in [0.25, 0.3) is 5.56 Å². The third-order valence-corrected chi connectivity index (χ3v) is 6.00. The van der Waals surface area contributed by atoms with Crippen LogP contribution >= 0.6 is 12.2 Å². The van der Waals surface area contributed by atoms with Crippen LogP contribution in [0.5, 0.6) is 5.88 Å². The van der Waals surface area contributed by atoms with Gasteiger partial charge in [-0.3, -0.25) is 14.3 Å². The Morgan fingerprint density at radius 1 is 0.914 bits per heavy atom. The molecular weight excluding hydrogens is 462 g/mol. The second-order valence-electron chi connectivity index (χ2n) is 7.99. The summed E-state index contributed by atoms with van der Waals surface area (Å²) in [6.07, 6.45) is 3.22. The highest BCUT2D eigenvalue weighted by molar-refractivity contribution is 7.71. The summed E-state index contributed by atoms with van der Waals surface area (Å²) in [6, 6.07) is 21.5. The molecule has 35 heavy (non-hydrogen) atoms. The summed E-state index contributed by atoms with van der Waals surface area (Å²) in [5, 5.41) is 28.9. The molecule has 0 radical (unpaired) electrons. The van der Waals surface area contributed by atoms with E-state index >= 15 is 0 Å². The minimum Gasteiger partial charge on any atom is -0.494 e. The summed E-state index contributed by atoms with van der Waals surface area (Å²) in [6.45, 7) is 0.484. The minimum absolute atomic E-state index is 0.149. The molecule has 5 rings (SSSR count). The third kappa shape index (κ3) is 4.92. The Labute approximate surface area is 203 Å². The van der Waals surface area contributed by atoms with Crippen LogP contribution in [0.25, 0.3) is 11.9 Å². The Bertz CT molecular complexity index is 1750. The second-order valence-corrected chi connectivity index (χ2v) is 8.38. The summed E-state index contributed by atoms with van der Waals surface area (Å²) in [4.78, 5) is 18.5. The molecule has 3 N–H and O–H groups in total. The number of aromatic hydroxyl groups is 1. The van der Waals surface area contributed by atoms with Crippen molar-refractivity contribution in [3.8, 4) is 5.88 Å². The number of H-pyrrole nitrogens is 2. The van der Waals surface area contributed by atoms with E-state index in [1.165, 1.54) is 5.56 Å². The van der Waals surface area contributed by atoms with Crippen LogP contribution in [0.2, 0.25) is 0 Å². The van der Waals surface area contributed by atoms with Gasteiger partial charge in [-0.2, -0.15) is 0 Å². The maximum Gasteiger partial charge on any atom is 0.262 e. The van der Waals surface area contributed by atoms with E-state index in [9.17, 15) is 9.90 Å². The van der Waals surface area contributed by atoms with E-state index in [2.05, 4.69) is 42.8 Å². The average Bonchev–Trinajstić information content (AvgIpc) is 3.57. The normalized spacial score (nSPS) is 13.1. The van der Waals surface area contributed by atoms with E-state index in [0.717, 1.165) is 28.6 Å². The van der Waals surface area contributed by atoms with Gasteiger partial charge in [0.2, 0.25) is 11.7 Å². The van der Waals surface area contributed by atoms with Gasteiger partial charge in [-0.25, -0.2) is 0 Å². The van der Waals surface area contributed by atoms with Crippen molar-refractivity contribution >= 4 is 24.1 Å². The monoisotopic (exact) mass is 483 g/mol. The van der Waals surface area contributed by atoms with Gasteiger partial charge >= 0.3 is 0 Å². The molecule has 0 aliphatic carbocycles. The lowest BCUT2D eigenvalue weighted by Crippen LogP contribution is -2.19. The van der Waals surface area contributed by atoms with Crippen LogP contribution in [-0.4, -0.2) is 19.6 Å². The first kappa shape index (κ1) is 22.4. The SMILES string of the molecule is O=c1[nH]c(=S)n(CCCc2ccccc2)c(O)c1/C=c1\ccc(=c2ccc(=C3N=NN=N3)cc2)[nH]1. The number of rotatable bonds is 5. The van der Waals surface area contributed by atoms with Gasteiger partial charge in [0.15, 0.2) is 4.77 Å². The van der Waals surface area contributed by atoms with E-state index in [0.29, 0.717) is 17.7 Å². The summed E-state index contributed by atoms with van der Waals surface area (Å²) in [7, 11) is 0. The first-order valence-corrected chi connectivity index (χ1v) is 11.4. The van der Waals surface area contributed by atoms with Crippen molar-refractivity contribution in [3.05, 3.63) is 114 Å². The van der Waals surface area contributed by atoms with Crippen LogP contribution < -0.4 is 16.1 Å². The molecule has 2 aromatic carbocycles. The molecule has 0 unspecified atom stereocenters. The van der Waals surface area contributed by atoms with Crippen molar-refractivity contribution < 1.29 is 5.11 Å². The maximum atomic E-state index is 12.6. The highest BCUT2D eigenvalue weighted by Crippen LogP contribution is 2.15. The molecule has 2 aromatic heterocycles. The van der Waals surface area contributed by atoms with Crippen molar-refractivity contribution in [1.29, 1.82) is 0 Å². The molecule has 0 saturated carbocycles. The molecular formula is C25H21N7O2S. The third-order valence-electron chi connectivity index (χ3n) is 5.68. The Kier molecular flexibility index (Phi) is 6.27. The van der Waals surface area contributed by atoms with E-state index in [4.69, 9.17) is 12.2 Å². The summed E-state index contributed by atoms with van der Waals surface area (Å²) in [5.41, 5.74) is 0.914. The lowest BCUT2D eigenvalue weighted by atomic mass is 10.1. The first-order valence-electron chi connectivity index (χ1n) is 11.0. The van der Waals surface area contributed by atoms with Crippen LogP contribution in [0.15, 0.2) is 92.2 Å². The fourth-order valence-electron chi connectivity index (χ4n) is 3.88. The number of nitrogens with one attached hydrogen (secondary N) is 2. The van der Waals surface area contributed by atoms with Gasteiger partial charge in [0.1, 0.15) is 5.56 Å². The molecule has 9 nitrogen and oxygen atoms in total. The maximum absolute atomic E-state index is 12.6. The molecule has 3 heterocycles. The predicted octanol–water partition coefficient (Wildman–Crippen LogP) is 3.59. The molecule has 1 aliphatic rings. The molecule has 0 spiro atoms. The largest absolute Gasteiger partial charge is 0.494 e. The second kappa shape index (κ2) is 9.82. The van der Waals surface area contributed by atoms with E-state index in [-0.39, 0.29) is 16.2 Å². The van der Waals surface area contributed by atoms with Gasteiger partial charge in [-0.05, 0) is 64.5 Å². The van der Waals surface area contributed by atoms with Gasteiger partial charge in [0.05, 0.1) is 0 Å². The zero-order valence-corrected chi connectivity index (χ0v) is 19.4. The molecule has 0 saturated heterocycles. The molecule has 0 atom stereocenters. The van der Waals surface area contributed by atoms with Crippen molar-refractivity contribution in [3.63, 3.8) is 0 Å². The molecule has 0 fully saturated rings. The van der Waals surface area contributed by atoms with Gasteiger partial charge in [-0.1, -0.05) is 54.6 Å². The number of hydrogen-bond donors (Lipinski definition) is 3. The topological polar surface area (TPSA) is 123 Å². The summed E-state index contributed by atoms with van der Waals surface area (Å²) < 4.78 is 1.76. The van der Waals surface area contributed by atoms with Crippen LogP contribution in [0, 0.1) is 15.3 Å². The standard InChI is InChI=1S/C25H21N7O2S/c33-23-20(24(34)32(25(35)27-23)14-4-7-16-5-2-1-3-6-16)15-19-12-13-21(26-19)17-8-10-18(11-9-17)22-28-30-31-29-22/h1-3,5-6,8-13,15,26,34H,4,7,14H2,(H,27,33,35)/b19-15+. The number of nitrogens with zero attached hydrogens (tertiary/aromatic N) is 5. The molecule has 174 valence electrons. The Morgan fingerprint density at radius 2 is 1.63 bits per heavy atom. The van der Waals surface area contributed by atoms with Crippen LogP contribution in [0.4, 0.5) is 0 Å². The van der Waals surface area contributed by atoms with Crippen LogP contribution in [0.1, 0.15) is 17.5 Å². The molecule has 4 aromatic rings. The van der Waals surface area contributed by atoms with Crippen molar-refractivity contribution in [2.75, 3.05) is 0 Å². The first-order chi connectivity index (χ1) is 17.1. The fourth-order valence-corrected chi connectivity index (χ4v) is 4.15. The van der Waals surface area contributed by atoms with E-state index < -0.39 is 5.56 Å². The minimum atomic E-state index is -0.441. The lowest BCUT2D eigenvalue weighted by Gasteiger charge is -2.11. The molecule has 1 aliphatic heterocycles. The number of aryl methyl sites for hydroxylation is 1. The molecule has 0 amide bonds.